The molecule has 2 N–H and O–H groups in total. The quantitative estimate of drug-likeness (QED) is 0.678. The van der Waals surface area contributed by atoms with Crippen LogP contribution >= 0.6 is 0 Å². The van der Waals surface area contributed by atoms with Gasteiger partial charge in [-0.1, -0.05) is 12.1 Å². The molecule has 9 heteroatoms. The second-order valence-corrected chi connectivity index (χ2v) is 6.65. The van der Waals surface area contributed by atoms with Crippen molar-refractivity contribution in [2.75, 3.05) is 10.2 Å². The van der Waals surface area contributed by atoms with Crippen molar-refractivity contribution in [3.05, 3.63) is 53.5 Å². The Morgan fingerprint density at radius 3 is 2.64 bits per heavy atom. The fourth-order valence-corrected chi connectivity index (χ4v) is 3.15. The van der Waals surface area contributed by atoms with Crippen LogP contribution in [0.1, 0.15) is 28.8 Å². The van der Waals surface area contributed by atoms with Crippen LogP contribution in [0.2, 0.25) is 0 Å². The van der Waals surface area contributed by atoms with Gasteiger partial charge in [0.2, 0.25) is 0 Å². The monoisotopic (exact) mass is 378 g/mol. The Hall–Kier alpha value is -3.75. The number of aryl methyl sites for hydroxylation is 2. The van der Waals surface area contributed by atoms with Gasteiger partial charge in [0.25, 0.3) is 11.8 Å². The van der Waals surface area contributed by atoms with Gasteiger partial charge in [0, 0.05) is 11.8 Å². The number of urea groups is 1. The fourth-order valence-electron chi connectivity index (χ4n) is 3.15. The summed E-state index contributed by atoms with van der Waals surface area (Å²) in [5, 5.41) is 9.63. The average Bonchev–Trinajstić information content (AvgIpc) is 3.14. The van der Waals surface area contributed by atoms with Crippen molar-refractivity contribution in [2.45, 2.75) is 26.8 Å². The van der Waals surface area contributed by atoms with E-state index in [1.54, 1.807) is 47.8 Å². The highest BCUT2D eigenvalue weighted by atomic mass is 16.2. The third-order valence-electron chi connectivity index (χ3n) is 4.49. The number of anilines is 2. The molecule has 1 saturated heterocycles. The van der Waals surface area contributed by atoms with Crippen LogP contribution in [0.3, 0.4) is 0 Å². The molecule has 1 fully saturated rings. The van der Waals surface area contributed by atoms with Crippen molar-refractivity contribution in [1.29, 1.82) is 0 Å². The molecule has 28 heavy (non-hydrogen) atoms. The van der Waals surface area contributed by atoms with Gasteiger partial charge in [0.15, 0.2) is 5.65 Å². The Bertz CT molecular complexity index is 1140. The fraction of sp³-hybridized carbons (Fsp3) is 0.211. The molecule has 9 nitrogen and oxygen atoms in total. The molecule has 3 heterocycles. The summed E-state index contributed by atoms with van der Waals surface area (Å²) in [5.74, 6) is -0.825. The second-order valence-electron chi connectivity index (χ2n) is 6.65. The van der Waals surface area contributed by atoms with Gasteiger partial charge in [0.1, 0.15) is 11.7 Å². The van der Waals surface area contributed by atoms with E-state index in [-0.39, 0.29) is 11.6 Å². The summed E-state index contributed by atoms with van der Waals surface area (Å²) in [6.45, 7) is 5.29. The van der Waals surface area contributed by atoms with E-state index < -0.39 is 18.0 Å². The van der Waals surface area contributed by atoms with E-state index in [2.05, 4.69) is 20.7 Å². The number of nitrogens with zero attached hydrogens (tertiary/aromatic N) is 4. The lowest BCUT2D eigenvalue weighted by atomic mass is 10.2. The van der Waals surface area contributed by atoms with Crippen molar-refractivity contribution in [3.8, 4) is 0 Å². The average molecular weight is 378 g/mol. The van der Waals surface area contributed by atoms with Crippen LogP contribution in [0.15, 0.2) is 36.4 Å². The number of imide groups is 1. The Morgan fingerprint density at radius 2 is 1.93 bits per heavy atom. The summed E-state index contributed by atoms with van der Waals surface area (Å²) < 4.78 is 1.66. The lowest BCUT2D eigenvalue weighted by Crippen LogP contribution is -2.32. The van der Waals surface area contributed by atoms with E-state index in [9.17, 15) is 14.4 Å². The first-order valence-electron chi connectivity index (χ1n) is 8.74. The first-order chi connectivity index (χ1) is 13.3. The van der Waals surface area contributed by atoms with E-state index in [0.29, 0.717) is 17.0 Å². The molecule has 1 unspecified atom stereocenters. The number of nitrogens with one attached hydrogen (secondary N) is 2. The van der Waals surface area contributed by atoms with Crippen LogP contribution in [0.5, 0.6) is 0 Å². The van der Waals surface area contributed by atoms with Gasteiger partial charge in [-0.15, -0.1) is 0 Å². The normalized spacial score (nSPS) is 16.5. The van der Waals surface area contributed by atoms with Gasteiger partial charge in [0.05, 0.1) is 17.1 Å². The largest absolute Gasteiger partial charge is 0.329 e. The molecule has 142 valence electrons. The maximum atomic E-state index is 12.8. The number of hydrogen-bond acceptors (Lipinski definition) is 5. The number of rotatable bonds is 3. The zero-order valence-electron chi connectivity index (χ0n) is 15.6. The molecule has 4 rings (SSSR count). The minimum Gasteiger partial charge on any atom is -0.326 e. The Balaban J connectivity index is 1.68. The maximum absolute atomic E-state index is 12.8. The predicted octanol–water partition coefficient (Wildman–Crippen LogP) is 2.04. The number of para-hydroxylation sites is 2. The van der Waals surface area contributed by atoms with Gasteiger partial charge in [-0.05, 0) is 39.0 Å². The zero-order chi connectivity index (χ0) is 20.0. The molecule has 2 aromatic heterocycles. The van der Waals surface area contributed by atoms with Crippen LogP contribution in [0.4, 0.5) is 16.2 Å². The molecule has 1 aliphatic heterocycles. The molecule has 0 aliphatic carbocycles. The van der Waals surface area contributed by atoms with Crippen LogP contribution < -0.4 is 15.5 Å². The highest BCUT2D eigenvalue weighted by Crippen LogP contribution is 2.29. The molecule has 1 atom stereocenters. The lowest BCUT2D eigenvalue weighted by Gasteiger charge is -2.17. The summed E-state index contributed by atoms with van der Waals surface area (Å²) >= 11 is 0. The minimum atomic E-state index is -0.618. The van der Waals surface area contributed by atoms with E-state index in [1.165, 1.54) is 0 Å². The molecular formula is C19H18N6O3. The second kappa shape index (κ2) is 6.45. The lowest BCUT2D eigenvalue weighted by molar-refractivity contribution is -0.117. The summed E-state index contributed by atoms with van der Waals surface area (Å²) in [6.07, 6.45) is 0. The van der Waals surface area contributed by atoms with Gasteiger partial charge in [-0.3, -0.25) is 9.59 Å². The smallest absolute Gasteiger partial charge is 0.326 e. The summed E-state index contributed by atoms with van der Waals surface area (Å²) in [6, 6.07) is 8.91. The third kappa shape index (κ3) is 2.86. The Morgan fingerprint density at radius 1 is 1.18 bits per heavy atom. The van der Waals surface area contributed by atoms with Crippen molar-refractivity contribution >= 4 is 34.9 Å². The predicted molar refractivity (Wildman–Crippen MR) is 102 cm³/mol. The van der Waals surface area contributed by atoms with Gasteiger partial charge in [-0.2, -0.15) is 5.10 Å². The Kier molecular flexibility index (Phi) is 4.07. The molecule has 1 aliphatic rings. The molecule has 0 saturated carbocycles. The highest BCUT2D eigenvalue weighted by molar-refractivity contribution is 6.23. The van der Waals surface area contributed by atoms with Crippen molar-refractivity contribution in [2.24, 2.45) is 0 Å². The number of amides is 4. The van der Waals surface area contributed by atoms with Crippen LogP contribution in [0.25, 0.3) is 5.65 Å². The molecule has 3 aromatic rings. The number of fused-ring (bicyclic) bond motifs is 1. The molecule has 0 radical (unpaired) electrons. The minimum absolute atomic E-state index is 0.213. The van der Waals surface area contributed by atoms with Crippen molar-refractivity contribution in [1.82, 2.24) is 19.9 Å². The summed E-state index contributed by atoms with van der Waals surface area (Å²) in [5.41, 5.74) is 2.99. The summed E-state index contributed by atoms with van der Waals surface area (Å²) in [4.78, 5) is 42.7. The number of benzene rings is 1. The van der Waals surface area contributed by atoms with Gasteiger partial charge < -0.3 is 10.6 Å². The van der Waals surface area contributed by atoms with E-state index in [4.69, 9.17) is 0 Å². The molecule has 0 spiro atoms. The number of carbonyl (C=O) groups is 3. The first kappa shape index (κ1) is 17.7. The third-order valence-corrected chi connectivity index (χ3v) is 4.49. The highest BCUT2D eigenvalue weighted by Gasteiger charge is 2.37. The van der Waals surface area contributed by atoms with Gasteiger partial charge >= 0.3 is 6.03 Å². The molecule has 1 aromatic carbocycles. The SMILES string of the molecule is Cc1cc2nc(C(=O)Nc3ccccc3N3C(=O)NC(C)C3=O)cc(C)n2n1. The van der Waals surface area contributed by atoms with E-state index in [1.807, 2.05) is 13.8 Å². The molecule has 0 bridgehead atoms. The van der Waals surface area contributed by atoms with Crippen LogP contribution in [0, 0.1) is 13.8 Å². The van der Waals surface area contributed by atoms with Crippen LogP contribution in [-0.4, -0.2) is 38.5 Å². The number of hydrogen-bond donors (Lipinski definition) is 2. The first-order valence-corrected chi connectivity index (χ1v) is 8.74. The Labute approximate surface area is 160 Å². The van der Waals surface area contributed by atoms with Crippen molar-refractivity contribution < 1.29 is 14.4 Å². The molecular weight excluding hydrogens is 360 g/mol. The van der Waals surface area contributed by atoms with Crippen LogP contribution in [-0.2, 0) is 4.79 Å². The molecule has 4 amide bonds. The van der Waals surface area contributed by atoms with Crippen molar-refractivity contribution in [3.63, 3.8) is 0 Å². The summed E-state index contributed by atoms with van der Waals surface area (Å²) in [7, 11) is 0. The van der Waals surface area contributed by atoms with Gasteiger partial charge in [-0.25, -0.2) is 19.2 Å². The van der Waals surface area contributed by atoms with E-state index in [0.717, 1.165) is 16.3 Å². The number of aromatic nitrogens is 3. The standard InChI is InChI=1S/C19H18N6O3/c1-10-8-16-21-14(9-11(2)25(16)23-10)17(26)22-13-6-4-5-7-15(13)24-18(27)12(3)20-19(24)28/h4-9,12H,1-3H3,(H,20,28)(H,22,26). The number of carbonyl (C=O) groups excluding carboxylic acids is 3. The topological polar surface area (TPSA) is 109 Å². The maximum Gasteiger partial charge on any atom is 0.329 e. The zero-order valence-corrected chi connectivity index (χ0v) is 15.6. The van der Waals surface area contributed by atoms with E-state index >= 15 is 0 Å².